The van der Waals surface area contributed by atoms with Gasteiger partial charge < -0.3 is 15.8 Å². The lowest BCUT2D eigenvalue weighted by molar-refractivity contribution is -0.144. The Labute approximate surface area is 126 Å². The van der Waals surface area contributed by atoms with Crippen molar-refractivity contribution < 1.29 is 14.3 Å². The van der Waals surface area contributed by atoms with Crippen LogP contribution in [0.5, 0.6) is 0 Å². The number of carbonyl (C=O) groups excluding carboxylic acids is 2. The van der Waals surface area contributed by atoms with Gasteiger partial charge in [-0.1, -0.05) is 25.2 Å². The van der Waals surface area contributed by atoms with Crippen LogP contribution in [-0.4, -0.2) is 30.0 Å². The number of thiazole rings is 1. The largest absolute Gasteiger partial charge is 0.467 e. The summed E-state index contributed by atoms with van der Waals surface area (Å²) in [7, 11) is 1.30. The van der Waals surface area contributed by atoms with Gasteiger partial charge >= 0.3 is 5.97 Å². The maximum Gasteiger partial charge on any atom is 0.328 e. The molecule has 0 saturated heterocycles. The van der Waals surface area contributed by atoms with Gasteiger partial charge in [0.1, 0.15) is 6.04 Å². The molecule has 1 heterocycles. The molecule has 1 aromatic heterocycles. The molecule has 0 fully saturated rings. The lowest BCUT2D eigenvalue weighted by Crippen LogP contribution is -2.45. The third-order valence-corrected chi connectivity index (χ3v) is 3.92. The summed E-state index contributed by atoms with van der Waals surface area (Å²) in [6.45, 7) is 3.68. The number of rotatable bonds is 4. The van der Waals surface area contributed by atoms with E-state index in [2.05, 4.69) is 10.3 Å². The molecule has 7 heteroatoms. The average molecular weight is 307 g/mol. The number of carbonyl (C=O) groups is 2. The lowest BCUT2D eigenvalue weighted by Gasteiger charge is -2.19. The standard InChI is InChI=1S/C14H17N3O3S/c1-7(2)11(13(19)20-3)17-12(18)8-4-5-9-10(6-8)21-14(15)16-9/h4-7,11H,1-3H3,(H2,15,16)(H,17,18). The Morgan fingerprint density at radius 2 is 2.10 bits per heavy atom. The van der Waals surface area contributed by atoms with Crippen LogP contribution in [-0.2, 0) is 9.53 Å². The van der Waals surface area contributed by atoms with Crippen molar-refractivity contribution in [1.29, 1.82) is 0 Å². The summed E-state index contributed by atoms with van der Waals surface area (Å²) in [6.07, 6.45) is 0. The molecule has 21 heavy (non-hydrogen) atoms. The van der Waals surface area contributed by atoms with Crippen LogP contribution >= 0.6 is 11.3 Å². The molecule has 2 rings (SSSR count). The normalized spacial score (nSPS) is 12.4. The second-order valence-electron chi connectivity index (χ2n) is 4.95. The number of esters is 1. The molecule has 0 aliphatic heterocycles. The van der Waals surface area contributed by atoms with Crippen LogP contribution in [0, 0.1) is 5.92 Å². The van der Waals surface area contributed by atoms with E-state index in [9.17, 15) is 9.59 Å². The third-order valence-electron chi connectivity index (χ3n) is 3.08. The maximum atomic E-state index is 12.3. The van der Waals surface area contributed by atoms with E-state index in [0.717, 1.165) is 10.2 Å². The summed E-state index contributed by atoms with van der Waals surface area (Å²) in [6, 6.07) is 4.43. The van der Waals surface area contributed by atoms with E-state index in [-0.39, 0.29) is 11.8 Å². The predicted octanol–water partition coefficient (Wildman–Crippen LogP) is 1.81. The van der Waals surface area contributed by atoms with E-state index in [1.807, 2.05) is 13.8 Å². The summed E-state index contributed by atoms with van der Waals surface area (Å²) in [5.74, 6) is -0.849. The quantitative estimate of drug-likeness (QED) is 0.840. The van der Waals surface area contributed by atoms with Gasteiger partial charge in [-0.3, -0.25) is 4.79 Å². The van der Waals surface area contributed by atoms with E-state index in [4.69, 9.17) is 10.5 Å². The molecule has 1 aromatic carbocycles. The van der Waals surface area contributed by atoms with Crippen LogP contribution in [0.2, 0.25) is 0 Å². The highest BCUT2D eigenvalue weighted by atomic mass is 32.1. The van der Waals surface area contributed by atoms with Gasteiger partial charge in [-0.15, -0.1) is 0 Å². The molecule has 112 valence electrons. The topological polar surface area (TPSA) is 94.3 Å². The molecule has 1 atom stereocenters. The first kappa shape index (κ1) is 15.2. The number of hydrogen-bond acceptors (Lipinski definition) is 6. The molecular weight excluding hydrogens is 290 g/mol. The van der Waals surface area contributed by atoms with Crippen molar-refractivity contribution in [2.45, 2.75) is 19.9 Å². The van der Waals surface area contributed by atoms with Crippen molar-refractivity contribution >= 4 is 38.6 Å². The number of aromatic nitrogens is 1. The summed E-state index contributed by atoms with van der Waals surface area (Å²) in [5, 5.41) is 3.15. The Morgan fingerprint density at radius 1 is 1.38 bits per heavy atom. The first-order chi connectivity index (χ1) is 9.92. The van der Waals surface area contributed by atoms with Gasteiger partial charge in [-0.05, 0) is 24.1 Å². The van der Waals surface area contributed by atoms with Crippen LogP contribution < -0.4 is 11.1 Å². The van der Waals surface area contributed by atoms with Crippen LogP contribution in [0.25, 0.3) is 10.2 Å². The number of ether oxygens (including phenoxy) is 1. The lowest BCUT2D eigenvalue weighted by atomic mass is 10.0. The minimum atomic E-state index is -0.676. The molecular formula is C14H17N3O3S. The zero-order valence-corrected chi connectivity index (χ0v) is 12.9. The maximum absolute atomic E-state index is 12.3. The van der Waals surface area contributed by atoms with Crippen molar-refractivity contribution in [2.24, 2.45) is 5.92 Å². The smallest absolute Gasteiger partial charge is 0.328 e. The Bertz CT molecular complexity index is 681. The number of benzene rings is 1. The fourth-order valence-corrected chi connectivity index (χ4v) is 2.71. The van der Waals surface area contributed by atoms with Crippen LogP contribution in [0.4, 0.5) is 5.13 Å². The number of nitrogens with two attached hydrogens (primary N) is 1. The van der Waals surface area contributed by atoms with E-state index in [1.165, 1.54) is 18.4 Å². The van der Waals surface area contributed by atoms with Gasteiger partial charge in [0.2, 0.25) is 0 Å². The van der Waals surface area contributed by atoms with Crippen molar-refractivity contribution in [3.63, 3.8) is 0 Å². The first-order valence-corrected chi connectivity index (χ1v) is 7.28. The molecule has 3 N–H and O–H groups in total. The molecule has 0 aliphatic carbocycles. The second-order valence-corrected chi connectivity index (χ2v) is 6.02. The fraction of sp³-hybridized carbons (Fsp3) is 0.357. The van der Waals surface area contributed by atoms with Crippen LogP contribution in [0.15, 0.2) is 18.2 Å². The number of fused-ring (bicyclic) bond motifs is 1. The first-order valence-electron chi connectivity index (χ1n) is 6.47. The molecule has 6 nitrogen and oxygen atoms in total. The zero-order chi connectivity index (χ0) is 15.6. The van der Waals surface area contributed by atoms with Gasteiger partial charge in [0, 0.05) is 5.56 Å². The van der Waals surface area contributed by atoms with Crippen molar-refractivity contribution in [3.05, 3.63) is 23.8 Å². The Morgan fingerprint density at radius 3 is 2.71 bits per heavy atom. The summed E-state index contributed by atoms with van der Waals surface area (Å²) < 4.78 is 5.54. The second kappa shape index (κ2) is 6.09. The average Bonchev–Trinajstić information content (AvgIpc) is 2.82. The van der Waals surface area contributed by atoms with E-state index in [0.29, 0.717) is 10.7 Å². The Hall–Kier alpha value is -2.15. The molecule has 2 aromatic rings. The van der Waals surface area contributed by atoms with Gasteiger partial charge in [0.25, 0.3) is 5.91 Å². The Balaban J connectivity index is 2.22. The Kier molecular flexibility index (Phi) is 4.42. The van der Waals surface area contributed by atoms with Crippen LogP contribution in [0.3, 0.4) is 0 Å². The molecule has 1 unspecified atom stereocenters. The van der Waals surface area contributed by atoms with Crippen molar-refractivity contribution in [1.82, 2.24) is 10.3 Å². The highest BCUT2D eigenvalue weighted by Crippen LogP contribution is 2.24. The van der Waals surface area contributed by atoms with Crippen LogP contribution in [0.1, 0.15) is 24.2 Å². The van der Waals surface area contributed by atoms with Crippen molar-refractivity contribution in [3.8, 4) is 0 Å². The number of nitrogens with zero attached hydrogens (tertiary/aromatic N) is 1. The summed E-state index contributed by atoms with van der Waals surface area (Å²) in [5.41, 5.74) is 6.85. The minimum Gasteiger partial charge on any atom is -0.467 e. The van der Waals surface area contributed by atoms with E-state index in [1.54, 1.807) is 18.2 Å². The highest BCUT2D eigenvalue weighted by Gasteiger charge is 2.25. The zero-order valence-electron chi connectivity index (χ0n) is 12.0. The third kappa shape index (κ3) is 3.30. The van der Waals surface area contributed by atoms with E-state index >= 15 is 0 Å². The minimum absolute atomic E-state index is 0.0656. The molecule has 0 radical (unpaired) electrons. The molecule has 0 aliphatic rings. The highest BCUT2D eigenvalue weighted by molar-refractivity contribution is 7.22. The summed E-state index contributed by atoms with van der Waals surface area (Å²) >= 11 is 1.31. The molecule has 0 bridgehead atoms. The number of methoxy groups -OCH3 is 1. The van der Waals surface area contributed by atoms with E-state index < -0.39 is 12.0 Å². The number of nitrogens with one attached hydrogen (secondary N) is 1. The number of nitrogen functional groups attached to an aromatic ring is 1. The number of hydrogen-bond donors (Lipinski definition) is 2. The van der Waals surface area contributed by atoms with Gasteiger partial charge in [-0.25, -0.2) is 9.78 Å². The molecule has 0 spiro atoms. The molecule has 1 amide bonds. The predicted molar refractivity (Wildman–Crippen MR) is 82.1 cm³/mol. The molecule has 0 saturated carbocycles. The van der Waals surface area contributed by atoms with Gasteiger partial charge in [-0.2, -0.15) is 0 Å². The van der Waals surface area contributed by atoms with Crippen molar-refractivity contribution in [2.75, 3.05) is 12.8 Å². The SMILES string of the molecule is COC(=O)C(NC(=O)c1ccc2nc(N)sc2c1)C(C)C. The number of anilines is 1. The fourth-order valence-electron chi connectivity index (χ4n) is 1.93. The summed E-state index contributed by atoms with van der Waals surface area (Å²) in [4.78, 5) is 28.1. The van der Waals surface area contributed by atoms with Gasteiger partial charge in [0.15, 0.2) is 5.13 Å². The number of amides is 1. The monoisotopic (exact) mass is 307 g/mol. The van der Waals surface area contributed by atoms with Gasteiger partial charge in [0.05, 0.1) is 17.3 Å².